The number of ether oxygens (including phenoxy) is 1. The summed E-state index contributed by atoms with van der Waals surface area (Å²) in [7, 11) is 0. The molecule has 0 fully saturated rings. The molecule has 0 saturated carbocycles. The van der Waals surface area contributed by atoms with E-state index in [0.29, 0.717) is 5.75 Å². The van der Waals surface area contributed by atoms with Crippen molar-refractivity contribution in [1.82, 2.24) is 5.32 Å². The molecule has 0 aliphatic heterocycles. The van der Waals surface area contributed by atoms with Gasteiger partial charge in [0, 0.05) is 0 Å². The normalized spacial score (nSPS) is 10.9. The monoisotopic (exact) mass is 209 g/mol. The van der Waals surface area contributed by atoms with Gasteiger partial charge >= 0.3 is 6.09 Å². The number of carbonyl (C=O) groups excluding carboxylic acids is 1. The molecule has 1 aromatic carbocycles. The van der Waals surface area contributed by atoms with E-state index in [1.807, 2.05) is 6.07 Å². The summed E-state index contributed by atoms with van der Waals surface area (Å²) in [6.07, 6.45) is -0.569. The van der Waals surface area contributed by atoms with Gasteiger partial charge in [-0.05, 0) is 26.0 Å². The molecule has 0 radical (unpaired) electrons. The number of hydrogen-bond acceptors (Lipinski definition) is 3. The van der Waals surface area contributed by atoms with Crippen molar-refractivity contribution < 1.29 is 14.6 Å². The Hall–Kier alpha value is -1.55. The lowest BCUT2D eigenvalue weighted by Crippen LogP contribution is -2.47. The summed E-state index contributed by atoms with van der Waals surface area (Å²) in [5.41, 5.74) is -0.675. The maximum atomic E-state index is 11.3. The van der Waals surface area contributed by atoms with E-state index < -0.39 is 11.6 Å². The van der Waals surface area contributed by atoms with Crippen LogP contribution in [0.3, 0.4) is 0 Å². The van der Waals surface area contributed by atoms with Gasteiger partial charge in [-0.3, -0.25) is 0 Å². The van der Waals surface area contributed by atoms with Gasteiger partial charge in [0.1, 0.15) is 5.75 Å². The minimum absolute atomic E-state index is 0.142. The van der Waals surface area contributed by atoms with E-state index in [0.717, 1.165) is 0 Å². The molecule has 1 aromatic rings. The fourth-order valence-electron chi connectivity index (χ4n) is 0.937. The molecular formula is C11H15NO3. The maximum absolute atomic E-state index is 11.3. The Morgan fingerprint density at radius 3 is 2.53 bits per heavy atom. The first-order chi connectivity index (χ1) is 7.03. The van der Waals surface area contributed by atoms with Gasteiger partial charge in [-0.15, -0.1) is 0 Å². The number of hydrogen-bond donors (Lipinski definition) is 2. The van der Waals surface area contributed by atoms with E-state index in [1.165, 1.54) is 0 Å². The number of para-hydroxylation sites is 1. The molecule has 0 aliphatic rings. The molecule has 4 heteroatoms. The Bertz CT molecular complexity index is 322. The Kier molecular flexibility index (Phi) is 3.68. The van der Waals surface area contributed by atoms with Crippen LogP contribution in [0.1, 0.15) is 13.8 Å². The lowest BCUT2D eigenvalue weighted by Gasteiger charge is -2.22. The van der Waals surface area contributed by atoms with Crippen molar-refractivity contribution in [3.05, 3.63) is 30.3 Å². The van der Waals surface area contributed by atoms with Gasteiger partial charge in [-0.2, -0.15) is 0 Å². The Labute approximate surface area is 88.9 Å². The molecule has 0 unspecified atom stereocenters. The van der Waals surface area contributed by atoms with Crippen molar-refractivity contribution >= 4 is 6.09 Å². The lowest BCUT2D eigenvalue weighted by molar-refractivity contribution is 0.159. The average molecular weight is 209 g/mol. The van der Waals surface area contributed by atoms with Gasteiger partial charge in [0.25, 0.3) is 0 Å². The third-order valence-electron chi connectivity index (χ3n) is 1.79. The first-order valence-electron chi connectivity index (χ1n) is 4.69. The SMILES string of the molecule is CC(C)(CO)NC(=O)Oc1ccccc1. The second-order valence-electron chi connectivity index (χ2n) is 3.87. The number of nitrogens with one attached hydrogen (secondary N) is 1. The molecule has 0 atom stereocenters. The van der Waals surface area contributed by atoms with Crippen molar-refractivity contribution in [3.8, 4) is 5.75 Å². The molecule has 0 aliphatic carbocycles. The van der Waals surface area contributed by atoms with Crippen LogP contribution in [0.2, 0.25) is 0 Å². The van der Waals surface area contributed by atoms with Crippen LogP contribution in [0.5, 0.6) is 5.75 Å². The third-order valence-corrected chi connectivity index (χ3v) is 1.79. The Morgan fingerprint density at radius 1 is 1.40 bits per heavy atom. The fourth-order valence-corrected chi connectivity index (χ4v) is 0.937. The second-order valence-corrected chi connectivity index (χ2v) is 3.87. The standard InChI is InChI=1S/C11H15NO3/c1-11(2,8-13)12-10(14)15-9-6-4-3-5-7-9/h3-7,13H,8H2,1-2H3,(H,12,14). The summed E-state index contributed by atoms with van der Waals surface area (Å²) >= 11 is 0. The van der Waals surface area contributed by atoms with Gasteiger partial charge in [0.15, 0.2) is 0 Å². The molecule has 0 bridgehead atoms. The number of aliphatic hydroxyl groups is 1. The smallest absolute Gasteiger partial charge is 0.410 e. The Balaban J connectivity index is 2.51. The van der Waals surface area contributed by atoms with E-state index in [2.05, 4.69) is 5.32 Å². The molecule has 0 aromatic heterocycles. The van der Waals surface area contributed by atoms with Crippen molar-refractivity contribution in [2.75, 3.05) is 6.61 Å². The van der Waals surface area contributed by atoms with Gasteiger partial charge < -0.3 is 15.2 Å². The van der Waals surface area contributed by atoms with Crippen molar-refractivity contribution in [2.45, 2.75) is 19.4 Å². The van der Waals surface area contributed by atoms with E-state index >= 15 is 0 Å². The predicted molar refractivity (Wildman–Crippen MR) is 56.8 cm³/mol. The zero-order valence-corrected chi connectivity index (χ0v) is 8.86. The highest BCUT2D eigenvalue weighted by atomic mass is 16.6. The fraction of sp³-hybridized carbons (Fsp3) is 0.364. The Morgan fingerprint density at radius 2 is 2.00 bits per heavy atom. The van der Waals surface area contributed by atoms with Crippen LogP contribution in [0, 0.1) is 0 Å². The molecule has 1 amide bonds. The highest BCUT2D eigenvalue weighted by Gasteiger charge is 2.20. The van der Waals surface area contributed by atoms with E-state index in [-0.39, 0.29) is 6.61 Å². The van der Waals surface area contributed by atoms with Crippen molar-refractivity contribution in [3.63, 3.8) is 0 Å². The molecule has 0 heterocycles. The zero-order chi connectivity index (χ0) is 11.3. The highest BCUT2D eigenvalue weighted by Crippen LogP contribution is 2.09. The second kappa shape index (κ2) is 4.79. The number of rotatable bonds is 3. The summed E-state index contributed by atoms with van der Waals surface area (Å²) in [5.74, 6) is 0.476. The number of carbonyl (C=O) groups is 1. The molecule has 2 N–H and O–H groups in total. The molecule has 15 heavy (non-hydrogen) atoms. The van der Waals surface area contributed by atoms with Crippen LogP contribution in [0.25, 0.3) is 0 Å². The summed E-state index contributed by atoms with van der Waals surface area (Å²) < 4.78 is 4.99. The zero-order valence-electron chi connectivity index (χ0n) is 8.86. The minimum atomic E-state index is -0.675. The summed E-state index contributed by atoms with van der Waals surface area (Å²) in [4.78, 5) is 11.3. The van der Waals surface area contributed by atoms with Gasteiger partial charge in [-0.25, -0.2) is 4.79 Å². The van der Waals surface area contributed by atoms with Gasteiger partial charge in [-0.1, -0.05) is 18.2 Å². The maximum Gasteiger partial charge on any atom is 0.413 e. The lowest BCUT2D eigenvalue weighted by atomic mass is 10.1. The topological polar surface area (TPSA) is 58.6 Å². The number of benzene rings is 1. The van der Waals surface area contributed by atoms with Gasteiger partial charge in [0.2, 0.25) is 0 Å². The summed E-state index contributed by atoms with van der Waals surface area (Å²) in [5, 5.41) is 11.5. The summed E-state index contributed by atoms with van der Waals surface area (Å²) in [6.45, 7) is 3.27. The van der Waals surface area contributed by atoms with Crippen LogP contribution in [0.15, 0.2) is 30.3 Å². The molecule has 0 spiro atoms. The van der Waals surface area contributed by atoms with Crippen LogP contribution < -0.4 is 10.1 Å². The first kappa shape index (κ1) is 11.5. The minimum Gasteiger partial charge on any atom is -0.410 e. The van der Waals surface area contributed by atoms with E-state index in [4.69, 9.17) is 9.84 Å². The van der Waals surface area contributed by atoms with Crippen LogP contribution in [-0.2, 0) is 0 Å². The highest BCUT2D eigenvalue weighted by molar-refractivity contribution is 5.71. The largest absolute Gasteiger partial charge is 0.413 e. The molecule has 82 valence electrons. The van der Waals surface area contributed by atoms with E-state index in [1.54, 1.807) is 38.1 Å². The molecule has 1 rings (SSSR count). The van der Waals surface area contributed by atoms with E-state index in [9.17, 15) is 4.79 Å². The quantitative estimate of drug-likeness (QED) is 0.794. The predicted octanol–water partition coefficient (Wildman–Crippen LogP) is 1.55. The van der Waals surface area contributed by atoms with Crippen LogP contribution >= 0.6 is 0 Å². The number of amides is 1. The molecule has 4 nitrogen and oxygen atoms in total. The van der Waals surface area contributed by atoms with Crippen LogP contribution in [-0.4, -0.2) is 23.3 Å². The van der Waals surface area contributed by atoms with Crippen molar-refractivity contribution in [1.29, 1.82) is 0 Å². The third kappa shape index (κ3) is 3.99. The molecular weight excluding hydrogens is 194 g/mol. The molecule has 0 saturated heterocycles. The van der Waals surface area contributed by atoms with Crippen molar-refractivity contribution in [2.24, 2.45) is 0 Å². The first-order valence-corrected chi connectivity index (χ1v) is 4.69. The van der Waals surface area contributed by atoms with Gasteiger partial charge in [0.05, 0.1) is 12.1 Å². The van der Waals surface area contributed by atoms with Crippen LogP contribution in [0.4, 0.5) is 4.79 Å². The number of aliphatic hydroxyl groups excluding tert-OH is 1. The average Bonchev–Trinajstić information content (AvgIpc) is 2.18. The summed E-state index contributed by atoms with van der Waals surface area (Å²) in [6, 6.07) is 8.76.